The number of ether oxygens (including phenoxy) is 1. The first kappa shape index (κ1) is 17.1. The fourth-order valence-corrected chi connectivity index (χ4v) is 4.27. The minimum Gasteiger partial charge on any atom is -0.490 e. The minimum atomic E-state index is -0.816. The standard InChI is InChI=1S/C22H24O4/c23-20-12-17(22(24)25)11-19(20)16-7-6-15-8-9-18(26-21(15)13-16)10-14-4-2-1-3-5-14/h1-7,13,17-20,23H,8-12H2,(H,24,25)/t17?,18?,19?,20-/m1/s1. The Morgan fingerprint density at radius 1 is 1.12 bits per heavy atom. The summed E-state index contributed by atoms with van der Waals surface area (Å²) >= 11 is 0. The highest BCUT2D eigenvalue weighted by Crippen LogP contribution is 2.41. The highest BCUT2D eigenvalue weighted by Gasteiger charge is 2.38. The topological polar surface area (TPSA) is 66.8 Å². The van der Waals surface area contributed by atoms with Crippen LogP contribution >= 0.6 is 0 Å². The fraction of sp³-hybridized carbons (Fsp3) is 0.409. The summed E-state index contributed by atoms with van der Waals surface area (Å²) in [4.78, 5) is 11.2. The molecule has 1 aliphatic carbocycles. The van der Waals surface area contributed by atoms with Crippen LogP contribution in [0.3, 0.4) is 0 Å². The van der Waals surface area contributed by atoms with Gasteiger partial charge < -0.3 is 14.9 Å². The molecule has 4 nitrogen and oxygen atoms in total. The number of aliphatic hydroxyl groups excluding tert-OH is 1. The maximum absolute atomic E-state index is 11.2. The van der Waals surface area contributed by atoms with Crippen molar-refractivity contribution in [1.29, 1.82) is 0 Å². The largest absolute Gasteiger partial charge is 0.490 e. The summed E-state index contributed by atoms with van der Waals surface area (Å²) in [6, 6.07) is 16.5. The fourth-order valence-electron chi connectivity index (χ4n) is 4.27. The molecule has 2 N–H and O–H groups in total. The van der Waals surface area contributed by atoms with E-state index in [1.807, 2.05) is 30.3 Å². The van der Waals surface area contributed by atoms with Gasteiger partial charge >= 0.3 is 5.97 Å². The Morgan fingerprint density at radius 2 is 1.92 bits per heavy atom. The molecule has 2 aliphatic rings. The molecular weight excluding hydrogens is 328 g/mol. The second kappa shape index (κ2) is 7.12. The van der Waals surface area contributed by atoms with Gasteiger partial charge in [-0.2, -0.15) is 0 Å². The van der Waals surface area contributed by atoms with E-state index in [9.17, 15) is 15.0 Å². The highest BCUT2D eigenvalue weighted by atomic mass is 16.5. The summed E-state index contributed by atoms with van der Waals surface area (Å²) in [5.41, 5.74) is 3.45. The van der Waals surface area contributed by atoms with Gasteiger partial charge in [-0.25, -0.2) is 0 Å². The van der Waals surface area contributed by atoms with Crippen LogP contribution in [0.25, 0.3) is 0 Å². The Balaban J connectivity index is 1.50. The average molecular weight is 352 g/mol. The number of fused-ring (bicyclic) bond motifs is 1. The summed E-state index contributed by atoms with van der Waals surface area (Å²) in [5.74, 6) is -0.512. The van der Waals surface area contributed by atoms with Crippen LogP contribution in [0.4, 0.5) is 0 Å². The predicted molar refractivity (Wildman–Crippen MR) is 98.4 cm³/mol. The molecule has 0 bridgehead atoms. The SMILES string of the molecule is O=C(O)C1CC(c2ccc3c(c2)OC(Cc2ccccc2)CC3)[C@H](O)C1. The van der Waals surface area contributed by atoms with Crippen molar-refractivity contribution in [3.63, 3.8) is 0 Å². The Hall–Kier alpha value is -2.33. The van der Waals surface area contributed by atoms with Crippen molar-refractivity contribution in [3.8, 4) is 5.75 Å². The molecule has 0 radical (unpaired) electrons. The van der Waals surface area contributed by atoms with Gasteiger partial charge in [0.25, 0.3) is 0 Å². The quantitative estimate of drug-likeness (QED) is 0.883. The number of benzene rings is 2. The van der Waals surface area contributed by atoms with E-state index in [4.69, 9.17) is 4.74 Å². The van der Waals surface area contributed by atoms with Crippen molar-refractivity contribution >= 4 is 5.97 Å². The molecule has 4 heteroatoms. The zero-order chi connectivity index (χ0) is 18.1. The van der Waals surface area contributed by atoms with Crippen LogP contribution in [0.15, 0.2) is 48.5 Å². The molecule has 26 heavy (non-hydrogen) atoms. The Bertz CT molecular complexity index is 786. The second-order valence-electron chi connectivity index (χ2n) is 7.52. The molecular formula is C22H24O4. The summed E-state index contributed by atoms with van der Waals surface area (Å²) in [5, 5.41) is 19.5. The summed E-state index contributed by atoms with van der Waals surface area (Å²) in [6.45, 7) is 0. The third kappa shape index (κ3) is 3.47. The van der Waals surface area contributed by atoms with Gasteiger partial charge in [0.1, 0.15) is 11.9 Å². The van der Waals surface area contributed by atoms with Gasteiger partial charge in [-0.3, -0.25) is 4.79 Å². The van der Waals surface area contributed by atoms with Crippen LogP contribution in [-0.2, 0) is 17.6 Å². The van der Waals surface area contributed by atoms with Gasteiger partial charge in [0.05, 0.1) is 12.0 Å². The minimum absolute atomic E-state index is 0.125. The number of hydrogen-bond donors (Lipinski definition) is 2. The van der Waals surface area contributed by atoms with Crippen LogP contribution in [-0.4, -0.2) is 28.4 Å². The molecule has 2 aromatic carbocycles. The number of hydrogen-bond acceptors (Lipinski definition) is 3. The molecule has 136 valence electrons. The average Bonchev–Trinajstić information content (AvgIpc) is 3.04. The van der Waals surface area contributed by atoms with E-state index in [-0.39, 0.29) is 12.0 Å². The number of aryl methyl sites for hydroxylation is 1. The van der Waals surface area contributed by atoms with Gasteiger partial charge in [0.2, 0.25) is 0 Å². The number of aliphatic hydroxyl groups is 1. The van der Waals surface area contributed by atoms with Crippen LogP contribution in [0.2, 0.25) is 0 Å². The van der Waals surface area contributed by atoms with E-state index >= 15 is 0 Å². The van der Waals surface area contributed by atoms with E-state index < -0.39 is 18.0 Å². The molecule has 1 aliphatic heterocycles. The third-order valence-corrected chi connectivity index (χ3v) is 5.73. The van der Waals surface area contributed by atoms with E-state index in [0.29, 0.717) is 12.8 Å². The monoisotopic (exact) mass is 352 g/mol. The molecule has 1 heterocycles. The van der Waals surface area contributed by atoms with Gasteiger partial charge in [-0.15, -0.1) is 0 Å². The maximum Gasteiger partial charge on any atom is 0.306 e. The van der Waals surface area contributed by atoms with E-state index in [0.717, 1.165) is 30.6 Å². The summed E-state index contributed by atoms with van der Waals surface area (Å²) in [7, 11) is 0. The Labute approximate surface area is 153 Å². The normalized spacial score (nSPS) is 27.6. The molecule has 4 rings (SSSR count). The van der Waals surface area contributed by atoms with Crippen LogP contribution < -0.4 is 4.74 Å². The third-order valence-electron chi connectivity index (χ3n) is 5.73. The Kier molecular flexibility index (Phi) is 4.68. The molecule has 4 atom stereocenters. The van der Waals surface area contributed by atoms with Crippen molar-refractivity contribution in [1.82, 2.24) is 0 Å². The first-order valence-corrected chi connectivity index (χ1v) is 9.34. The molecule has 1 saturated carbocycles. The lowest BCUT2D eigenvalue weighted by Gasteiger charge is -2.27. The van der Waals surface area contributed by atoms with Crippen LogP contribution in [0, 0.1) is 5.92 Å². The zero-order valence-corrected chi connectivity index (χ0v) is 14.7. The molecule has 0 saturated heterocycles. The summed E-state index contributed by atoms with van der Waals surface area (Å²) in [6.07, 6.45) is 3.24. The van der Waals surface area contributed by atoms with Crippen molar-refractivity contribution in [2.24, 2.45) is 5.92 Å². The first-order chi connectivity index (χ1) is 12.6. The molecule has 0 aromatic heterocycles. The lowest BCUT2D eigenvalue weighted by molar-refractivity contribution is -0.141. The number of carboxylic acids is 1. The van der Waals surface area contributed by atoms with Crippen LogP contribution in [0.5, 0.6) is 5.75 Å². The van der Waals surface area contributed by atoms with Crippen LogP contribution in [0.1, 0.15) is 41.9 Å². The Morgan fingerprint density at radius 3 is 2.65 bits per heavy atom. The van der Waals surface area contributed by atoms with Crippen molar-refractivity contribution < 1.29 is 19.7 Å². The molecule has 3 unspecified atom stereocenters. The number of carboxylic acid groups (broad SMARTS) is 1. The molecule has 0 amide bonds. The predicted octanol–water partition coefficient (Wildman–Crippen LogP) is 3.56. The second-order valence-corrected chi connectivity index (χ2v) is 7.52. The lowest BCUT2D eigenvalue weighted by atomic mass is 9.91. The molecule has 1 fully saturated rings. The first-order valence-electron chi connectivity index (χ1n) is 9.34. The molecule has 2 aromatic rings. The van der Waals surface area contributed by atoms with Crippen molar-refractivity contribution in [3.05, 3.63) is 65.2 Å². The van der Waals surface area contributed by atoms with E-state index in [1.54, 1.807) is 0 Å². The highest BCUT2D eigenvalue weighted by molar-refractivity contribution is 5.70. The van der Waals surface area contributed by atoms with Gasteiger partial charge in [0.15, 0.2) is 0 Å². The summed E-state index contributed by atoms with van der Waals surface area (Å²) < 4.78 is 6.25. The lowest BCUT2D eigenvalue weighted by Crippen LogP contribution is -2.25. The van der Waals surface area contributed by atoms with Gasteiger partial charge in [-0.1, -0.05) is 42.5 Å². The van der Waals surface area contributed by atoms with Gasteiger partial charge in [0, 0.05) is 12.3 Å². The number of aliphatic carboxylic acids is 1. The van der Waals surface area contributed by atoms with Crippen molar-refractivity contribution in [2.75, 3.05) is 0 Å². The zero-order valence-electron chi connectivity index (χ0n) is 14.7. The van der Waals surface area contributed by atoms with E-state index in [2.05, 4.69) is 18.2 Å². The number of rotatable bonds is 4. The van der Waals surface area contributed by atoms with Gasteiger partial charge in [-0.05, 0) is 48.4 Å². The maximum atomic E-state index is 11.2. The number of carbonyl (C=O) groups is 1. The molecule has 0 spiro atoms. The smallest absolute Gasteiger partial charge is 0.306 e. The van der Waals surface area contributed by atoms with E-state index in [1.165, 1.54) is 11.1 Å². The van der Waals surface area contributed by atoms with Crippen molar-refractivity contribution in [2.45, 2.75) is 50.2 Å².